The van der Waals surface area contributed by atoms with Crippen molar-refractivity contribution >= 4 is 16.9 Å². The molecule has 120 valence electrons. The molecule has 7 nitrogen and oxygen atoms in total. The van der Waals surface area contributed by atoms with Gasteiger partial charge in [0.15, 0.2) is 0 Å². The van der Waals surface area contributed by atoms with E-state index in [1.165, 1.54) is 10.4 Å². The number of rotatable bonds is 5. The minimum Gasteiger partial charge on any atom is -0.344 e. The van der Waals surface area contributed by atoms with Gasteiger partial charge >= 0.3 is 0 Å². The Bertz CT molecular complexity index is 805. The molecule has 2 aromatic heterocycles. The highest BCUT2D eigenvalue weighted by Gasteiger charge is 2.22. The van der Waals surface area contributed by atoms with Crippen LogP contribution in [0, 0.1) is 12.8 Å². The van der Waals surface area contributed by atoms with Gasteiger partial charge in [-0.2, -0.15) is 15.0 Å². The Kier molecular flexibility index (Phi) is 4.10. The first-order chi connectivity index (χ1) is 11.0. The molecule has 7 heteroatoms. The molecule has 3 aromatic rings. The Balaban J connectivity index is 1.81. The van der Waals surface area contributed by atoms with Crippen molar-refractivity contribution in [3.63, 3.8) is 0 Å². The predicted molar refractivity (Wildman–Crippen MR) is 86.6 cm³/mol. The summed E-state index contributed by atoms with van der Waals surface area (Å²) in [5, 5.41) is 10.9. The smallest absolute Gasteiger partial charge is 0.244 e. The first kappa shape index (κ1) is 15.2. The Morgan fingerprint density at radius 2 is 2.04 bits per heavy atom. The third kappa shape index (κ3) is 3.39. The summed E-state index contributed by atoms with van der Waals surface area (Å²) >= 11 is 0. The maximum absolute atomic E-state index is 12.2. The van der Waals surface area contributed by atoms with Crippen molar-refractivity contribution in [2.45, 2.75) is 33.4 Å². The first-order valence-corrected chi connectivity index (χ1v) is 7.62. The number of amides is 1. The lowest BCUT2D eigenvalue weighted by Gasteiger charge is -2.20. The van der Waals surface area contributed by atoms with Crippen LogP contribution in [-0.4, -0.2) is 30.9 Å². The fourth-order valence-corrected chi connectivity index (χ4v) is 2.51. The molecular formula is C16H20N6O. The van der Waals surface area contributed by atoms with Crippen LogP contribution in [0.25, 0.3) is 11.0 Å². The van der Waals surface area contributed by atoms with Gasteiger partial charge in [-0.1, -0.05) is 19.9 Å². The highest BCUT2D eigenvalue weighted by atomic mass is 16.2. The number of hydrogen-bond acceptors (Lipinski definition) is 4. The van der Waals surface area contributed by atoms with E-state index in [1.807, 2.05) is 19.1 Å². The zero-order valence-corrected chi connectivity index (χ0v) is 13.4. The number of aromatic amines is 1. The second kappa shape index (κ2) is 6.20. The van der Waals surface area contributed by atoms with Gasteiger partial charge in [0.05, 0.1) is 29.5 Å². The van der Waals surface area contributed by atoms with E-state index in [0.717, 1.165) is 16.9 Å². The van der Waals surface area contributed by atoms with Crippen molar-refractivity contribution in [2.75, 3.05) is 0 Å². The summed E-state index contributed by atoms with van der Waals surface area (Å²) < 4.78 is 0. The number of imidazole rings is 1. The van der Waals surface area contributed by atoms with E-state index in [2.05, 4.69) is 45.4 Å². The molecule has 0 saturated heterocycles. The summed E-state index contributed by atoms with van der Waals surface area (Å²) in [6.07, 6.45) is 3.10. The molecule has 0 bridgehead atoms. The second-order valence-corrected chi connectivity index (χ2v) is 5.99. The molecule has 0 saturated carbocycles. The molecule has 0 fully saturated rings. The molecule has 0 aliphatic carbocycles. The third-order valence-electron chi connectivity index (χ3n) is 3.69. The zero-order valence-electron chi connectivity index (χ0n) is 13.4. The molecule has 0 aliphatic rings. The van der Waals surface area contributed by atoms with Gasteiger partial charge in [0.25, 0.3) is 0 Å². The Morgan fingerprint density at radius 3 is 2.74 bits per heavy atom. The SMILES string of the molecule is Cc1ccc2nc(C(NC(=O)Cn3nccn3)C(C)C)[nH]c2c1. The number of nitrogens with zero attached hydrogens (tertiary/aromatic N) is 4. The van der Waals surface area contributed by atoms with Gasteiger partial charge in [0.2, 0.25) is 5.91 Å². The van der Waals surface area contributed by atoms with Crippen LogP contribution >= 0.6 is 0 Å². The highest BCUT2D eigenvalue weighted by molar-refractivity contribution is 5.77. The quantitative estimate of drug-likeness (QED) is 0.754. The molecule has 2 N–H and O–H groups in total. The number of aryl methyl sites for hydroxylation is 1. The van der Waals surface area contributed by atoms with Crippen LogP contribution < -0.4 is 5.32 Å². The van der Waals surface area contributed by atoms with Gasteiger partial charge in [-0.3, -0.25) is 4.79 Å². The zero-order chi connectivity index (χ0) is 16.4. The first-order valence-electron chi connectivity index (χ1n) is 7.62. The average Bonchev–Trinajstić information content (AvgIpc) is 3.13. The van der Waals surface area contributed by atoms with Crippen LogP contribution in [0.15, 0.2) is 30.6 Å². The molecule has 3 rings (SSSR count). The second-order valence-electron chi connectivity index (χ2n) is 5.99. The Labute approximate surface area is 134 Å². The number of hydrogen-bond donors (Lipinski definition) is 2. The number of carbonyl (C=O) groups excluding carboxylic acids is 1. The molecule has 1 aromatic carbocycles. The maximum Gasteiger partial charge on any atom is 0.244 e. The minimum atomic E-state index is -0.189. The number of nitrogens with one attached hydrogen (secondary N) is 2. The van der Waals surface area contributed by atoms with Crippen molar-refractivity contribution in [2.24, 2.45) is 5.92 Å². The van der Waals surface area contributed by atoms with Crippen LogP contribution in [-0.2, 0) is 11.3 Å². The van der Waals surface area contributed by atoms with E-state index in [0.29, 0.717) is 0 Å². The van der Waals surface area contributed by atoms with E-state index >= 15 is 0 Å². The molecule has 23 heavy (non-hydrogen) atoms. The lowest BCUT2D eigenvalue weighted by atomic mass is 10.0. The summed E-state index contributed by atoms with van der Waals surface area (Å²) in [5.41, 5.74) is 3.05. The minimum absolute atomic E-state index is 0.0928. The topological polar surface area (TPSA) is 88.5 Å². The molecule has 1 unspecified atom stereocenters. The summed E-state index contributed by atoms with van der Waals surface area (Å²) in [5.74, 6) is 0.824. The Morgan fingerprint density at radius 1 is 1.30 bits per heavy atom. The summed E-state index contributed by atoms with van der Waals surface area (Å²) in [7, 11) is 0. The summed E-state index contributed by atoms with van der Waals surface area (Å²) in [6, 6.07) is 5.88. The predicted octanol–water partition coefficient (Wildman–Crippen LogP) is 1.98. The van der Waals surface area contributed by atoms with E-state index in [1.54, 1.807) is 12.4 Å². The van der Waals surface area contributed by atoms with E-state index in [-0.39, 0.29) is 24.4 Å². The van der Waals surface area contributed by atoms with Crippen LogP contribution in [0.3, 0.4) is 0 Å². The number of carbonyl (C=O) groups is 1. The number of fused-ring (bicyclic) bond motifs is 1. The van der Waals surface area contributed by atoms with Crippen LogP contribution in [0.5, 0.6) is 0 Å². The maximum atomic E-state index is 12.2. The van der Waals surface area contributed by atoms with Gasteiger partial charge in [-0.25, -0.2) is 4.98 Å². The molecular weight excluding hydrogens is 292 g/mol. The standard InChI is InChI=1S/C16H20N6O/c1-10(2)15(21-14(23)9-22-17-6-7-18-22)16-19-12-5-4-11(3)8-13(12)20-16/h4-8,10,15H,9H2,1-3H3,(H,19,20)(H,21,23). The van der Waals surface area contributed by atoms with Crippen molar-refractivity contribution in [3.05, 3.63) is 42.0 Å². The monoisotopic (exact) mass is 312 g/mol. The van der Waals surface area contributed by atoms with Gasteiger partial charge in [-0.05, 0) is 30.5 Å². The van der Waals surface area contributed by atoms with Crippen LogP contribution in [0.1, 0.15) is 31.3 Å². The molecule has 1 amide bonds. The Hall–Kier alpha value is -2.70. The van der Waals surface area contributed by atoms with E-state index < -0.39 is 0 Å². The lowest BCUT2D eigenvalue weighted by Crippen LogP contribution is -2.35. The third-order valence-corrected chi connectivity index (χ3v) is 3.69. The van der Waals surface area contributed by atoms with Crippen LogP contribution in [0.2, 0.25) is 0 Å². The fraction of sp³-hybridized carbons (Fsp3) is 0.375. The van der Waals surface area contributed by atoms with E-state index in [9.17, 15) is 4.79 Å². The molecule has 0 aliphatic heterocycles. The summed E-state index contributed by atoms with van der Waals surface area (Å²) in [6.45, 7) is 6.24. The normalized spacial score (nSPS) is 12.7. The van der Waals surface area contributed by atoms with Gasteiger partial charge < -0.3 is 10.3 Å². The van der Waals surface area contributed by atoms with E-state index in [4.69, 9.17) is 0 Å². The van der Waals surface area contributed by atoms with Crippen molar-refractivity contribution < 1.29 is 4.79 Å². The summed E-state index contributed by atoms with van der Waals surface area (Å²) in [4.78, 5) is 21.5. The van der Waals surface area contributed by atoms with Crippen molar-refractivity contribution in [1.82, 2.24) is 30.3 Å². The van der Waals surface area contributed by atoms with Gasteiger partial charge in [-0.15, -0.1) is 0 Å². The molecule has 0 spiro atoms. The van der Waals surface area contributed by atoms with Crippen LogP contribution in [0.4, 0.5) is 0 Å². The average molecular weight is 312 g/mol. The largest absolute Gasteiger partial charge is 0.344 e. The molecule has 0 radical (unpaired) electrons. The number of aromatic nitrogens is 5. The number of benzene rings is 1. The highest BCUT2D eigenvalue weighted by Crippen LogP contribution is 2.22. The number of H-pyrrole nitrogens is 1. The van der Waals surface area contributed by atoms with Crippen molar-refractivity contribution in [3.8, 4) is 0 Å². The molecule has 2 heterocycles. The van der Waals surface area contributed by atoms with Crippen molar-refractivity contribution in [1.29, 1.82) is 0 Å². The fourth-order valence-electron chi connectivity index (χ4n) is 2.51. The van der Waals surface area contributed by atoms with Gasteiger partial charge in [0.1, 0.15) is 12.4 Å². The molecule has 1 atom stereocenters. The lowest BCUT2D eigenvalue weighted by molar-refractivity contribution is -0.123. The van der Waals surface area contributed by atoms with Gasteiger partial charge in [0, 0.05) is 0 Å².